The smallest absolute Gasteiger partial charge is 0.324 e. The van der Waals surface area contributed by atoms with Gasteiger partial charge in [0, 0.05) is 32.2 Å². The first-order valence-electron chi connectivity index (χ1n) is 10.7. The summed E-state index contributed by atoms with van der Waals surface area (Å²) in [4.78, 5) is 17.5. The summed E-state index contributed by atoms with van der Waals surface area (Å²) >= 11 is 0. The highest BCUT2D eigenvalue weighted by molar-refractivity contribution is 5.33. The number of aromatic nitrogens is 4. The molecule has 10 nitrogen and oxygen atoms in total. The second-order valence-electron chi connectivity index (χ2n) is 8.31. The van der Waals surface area contributed by atoms with Gasteiger partial charge in [0.15, 0.2) is 11.6 Å². The minimum absolute atomic E-state index is 0.141. The number of anilines is 2. The zero-order valence-electron chi connectivity index (χ0n) is 17.7. The van der Waals surface area contributed by atoms with Crippen molar-refractivity contribution < 1.29 is 14.0 Å². The fourth-order valence-electron chi connectivity index (χ4n) is 3.69. The summed E-state index contributed by atoms with van der Waals surface area (Å²) in [7, 11) is 0. The monoisotopic (exact) mass is 417 g/mol. The molecule has 0 spiro atoms. The number of hydrogen-bond acceptors (Lipinski definition) is 10. The lowest BCUT2D eigenvalue weighted by molar-refractivity contribution is 0.0601. The fourth-order valence-corrected chi connectivity index (χ4v) is 3.69. The molecule has 164 valence electrons. The van der Waals surface area contributed by atoms with Crippen molar-refractivity contribution in [3.8, 4) is 5.75 Å². The molecule has 2 N–H and O–H groups in total. The summed E-state index contributed by atoms with van der Waals surface area (Å²) in [6.07, 6.45) is 6.64. The lowest BCUT2D eigenvalue weighted by atomic mass is 9.98. The summed E-state index contributed by atoms with van der Waals surface area (Å²) < 4.78 is 16.8. The molecule has 4 heterocycles. The Balaban J connectivity index is 1.20. The van der Waals surface area contributed by atoms with Crippen LogP contribution in [-0.4, -0.2) is 65.0 Å². The Hall–Kier alpha value is -2.46. The maximum atomic E-state index is 5.95. The quantitative estimate of drug-likeness (QED) is 0.679. The van der Waals surface area contributed by atoms with Gasteiger partial charge in [0.1, 0.15) is 6.61 Å². The van der Waals surface area contributed by atoms with Crippen LogP contribution in [0, 0.1) is 5.92 Å². The number of nitrogens with two attached hydrogens (primary N) is 1. The molecular formula is C20H31N7O3. The average molecular weight is 418 g/mol. The van der Waals surface area contributed by atoms with Crippen LogP contribution in [0.25, 0.3) is 0 Å². The van der Waals surface area contributed by atoms with Crippen LogP contribution in [0.3, 0.4) is 0 Å². The van der Waals surface area contributed by atoms with E-state index in [1.54, 1.807) is 12.4 Å². The average Bonchev–Trinajstić information content (AvgIpc) is 3.41. The molecule has 4 rings (SSSR count). The molecule has 1 atom stereocenters. The van der Waals surface area contributed by atoms with Crippen LogP contribution in [0.4, 0.5) is 12.0 Å². The van der Waals surface area contributed by atoms with E-state index in [9.17, 15) is 0 Å². The summed E-state index contributed by atoms with van der Waals surface area (Å²) in [5, 5.41) is 4.00. The molecule has 0 radical (unpaired) electrons. The molecule has 0 amide bonds. The Kier molecular flexibility index (Phi) is 6.63. The third kappa shape index (κ3) is 5.37. The molecule has 2 aromatic rings. The lowest BCUT2D eigenvalue weighted by Gasteiger charge is -2.30. The van der Waals surface area contributed by atoms with Gasteiger partial charge in [0.25, 0.3) is 0 Å². The third-order valence-corrected chi connectivity index (χ3v) is 5.50. The van der Waals surface area contributed by atoms with Crippen molar-refractivity contribution in [3.63, 3.8) is 0 Å². The zero-order chi connectivity index (χ0) is 20.9. The van der Waals surface area contributed by atoms with Crippen LogP contribution in [0.15, 0.2) is 16.9 Å². The van der Waals surface area contributed by atoms with Gasteiger partial charge in [-0.05, 0) is 39.0 Å². The van der Waals surface area contributed by atoms with E-state index in [0.717, 1.165) is 51.4 Å². The maximum absolute atomic E-state index is 5.95. The molecule has 30 heavy (non-hydrogen) atoms. The first-order valence-corrected chi connectivity index (χ1v) is 10.7. The molecule has 0 aliphatic carbocycles. The van der Waals surface area contributed by atoms with Crippen molar-refractivity contribution in [2.45, 2.75) is 51.9 Å². The second-order valence-corrected chi connectivity index (χ2v) is 8.31. The van der Waals surface area contributed by atoms with Crippen molar-refractivity contribution in [2.24, 2.45) is 11.7 Å². The van der Waals surface area contributed by atoms with Crippen molar-refractivity contribution in [3.05, 3.63) is 18.2 Å². The Morgan fingerprint density at radius 1 is 1.13 bits per heavy atom. The Morgan fingerprint density at radius 3 is 2.53 bits per heavy atom. The standard InChI is InChI=1S/C20H31N7O3/c1-14(2)28-13-18-24-20(30-25-18)26-6-3-15(4-7-26)12-29-17-9-22-19(23-10-17)27-8-5-16(21)11-27/h9-10,14-16H,3-8,11-13,21H2,1-2H3. The molecule has 10 heteroatoms. The first kappa shape index (κ1) is 20.8. The van der Waals surface area contributed by atoms with Gasteiger partial charge < -0.3 is 29.5 Å². The van der Waals surface area contributed by atoms with Gasteiger partial charge in [0.05, 0.1) is 25.1 Å². The highest BCUT2D eigenvalue weighted by Gasteiger charge is 2.24. The molecule has 2 aliphatic heterocycles. The summed E-state index contributed by atoms with van der Waals surface area (Å²) in [5.74, 6) is 2.49. The Labute approximate surface area is 176 Å². The molecular weight excluding hydrogens is 386 g/mol. The molecule has 0 aromatic carbocycles. The molecule has 1 unspecified atom stereocenters. The highest BCUT2D eigenvalue weighted by Crippen LogP contribution is 2.23. The predicted molar refractivity (Wildman–Crippen MR) is 111 cm³/mol. The van der Waals surface area contributed by atoms with Crippen LogP contribution < -0.4 is 20.3 Å². The molecule has 2 fully saturated rings. The van der Waals surface area contributed by atoms with E-state index in [1.165, 1.54) is 0 Å². The number of nitrogens with zero attached hydrogens (tertiary/aromatic N) is 6. The van der Waals surface area contributed by atoms with E-state index in [-0.39, 0.29) is 12.1 Å². The molecule has 2 aromatic heterocycles. The molecule has 2 aliphatic rings. The van der Waals surface area contributed by atoms with Gasteiger partial charge >= 0.3 is 6.01 Å². The summed E-state index contributed by atoms with van der Waals surface area (Å²) in [5.41, 5.74) is 5.95. The minimum atomic E-state index is 0.141. The van der Waals surface area contributed by atoms with Gasteiger partial charge in [-0.15, -0.1) is 0 Å². The van der Waals surface area contributed by atoms with E-state index in [2.05, 4.69) is 29.9 Å². The topological polar surface area (TPSA) is 116 Å². The number of piperidine rings is 1. The van der Waals surface area contributed by atoms with E-state index < -0.39 is 0 Å². The van der Waals surface area contributed by atoms with Crippen LogP contribution in [-0.2, 0) is 11.3 Å². The number of rotatable bonds is 8. The van der Waals surface area contributed by atoms with Crippen LogP contribution in [0.5, 0.6) is 5.75 Å². The third-order valence-electron chi connectivity index (χ3n) is 5.50. The highest BCUT2D eigenvalue weighted by atomic mass is 16.5. The van der Waals surface area contributed by atoms with E-state index in [0.29, 0.717) is 36.7 Å². The van der Waals surface area contributed by atoms with Crippen molar-refractivity contribution in [1.82, 2.24) is 20.1 Å². The zero-order valence-corrected chi connectivity index (χ0v) is 17.7. The molecule has 2 saturated heterocycles. The normalized spacial score (nSPS) is 20.3. The maximum Gasteiger partial charge on any atom is 0.324 e. The van der Waals surface area contributed by atoms with E-state index in [4.69, 9.17) is 19.7 Å². The van der Waals surface area contributed by atoms with Crippen LogP contribution >= 0.6 is 0 Å². The largest absolute Gasteiger partial charge is 0.490 e. The van der Waals surface area contributed by atoms with E-state index in [1.807, 2.05) is 13.8 Å². The Morgan fingerprint density at radius 2 is 1.87 bits per heavy atom. The van der Waals surface area contributed by atoms with Gasteiger partial charge in [-0.1, -0.05) is 5.16 Å². The number of ether oxygens (including phenoxy) is 2. The van der Waals surface area contributed by atoms with Gasteiger partial charge in [-0.3, -0.25) is 0 Å². The molecule has 0 bridgehead atoms. The van der Waals surface area contributed by atoms with Crippen molar-refractivity contribution in [1.29, 1.82) is 0 Å². The lowest BCUT2D eigenvalue weighted by Crippen LogP contribution is -2.35. The molecule has 0 saturated carbocycles. The van der Waals surface area contributed by atoms with E-state index >= 15 is 0 Å². The van der Waals surface area contributed by atoms with Gasteiger partial charge in [0.2, 0.25) is 5.95 Å². The first-order chi connectivity index (χ1) is 14.6. The van der Waals surface area contributed by atoms with Gasteiger partial charge in [-0.25, -0.2) is 9.97 Å². The SMILES string of the molecule is CC(C)OCc1noc(N2CCC(COc3cnc(N4CCC(N)C4)nc3)CC2)n1. The van der Waals surface area contributed by atoms with Crippen LogP contribution in [0.2, 0.25) is 0 Å². The summed E-state index contributed by atoms with van der Waals surface area (Å²) in [6, 6.07) is 0.782. The van der Waals surface area contributed by atoms with Crippen molar-refractivity contribution >= 4 is 12.0 Å². The summed E-state index contributed by atoms with van der Waals surface area (Å²) in [6.45, 7) is 8.45. The predicted octanol–water partition coefficient (Wildman–Crippen LogP) is 1.62. The fraction of sp³-hybridized carbons (Fsp3) is 0.700. The minimum Gasteiger partial charge on any atom is -0.490 e. The Bertz CT molecular complexity index is 790. The van der Waals surface area contributed by atoms with Gasteiger partial charge in [-0.2, -0.15) is 4.98 Å². The number of hydrogen-bond donors (Lipinski definition) is 1. The van der Waals surface area contributed by atoms with Crippen LogP contribution in [0.1, 0.15) is 38.9 Å². The second kappa shape index (κ2) is 9.57. The van der Waals surface area contributed by atoms with Crippen molar-refractivity contribution in [2.75, 3.05) is 42.6 Å².